The molecule has 2 heterocycles. The second-order valence-electron chi connectivity index (χ2n) is 4.83. The van der Waals surface area contributed by atoms with Gasteiger partial charge in [-0.05, 0) is 31.4 Å². The van der Waals surface area contributed by atoms with Crippen LogP contribution in [0.3, 0.4) is 0 Å². The molecule has 1 aromatic carbocycles. The fraction of sp³-hybridized carbons (Fsp3) is 0.176. The highest BCUT2D eigenvalue weighted by Crippen LogP contribution is 2.22. The van der Waals surface area contributed by atoms with Crippen LogP contribution in [0.5, 0.6) is 0 Å². The van der Waals surface area contributed by atoms with Crippen molar-refractivity contribution < 1.29 is 0 Å². The van der Waals surface area contributed by atoms with Crippen molar-refractivity contribution in [1.29, 1.82) is 0 Å². The van der Waals surface area contributed by atoms with Gasteiger partial charge in [-0.3, -0.25) is 9.78 Å². The molecule has 0 radical (unpaired) electrons. The quantitative estimate of drug-likeness (QED) is 0.711. The molecule has 0 saturated carbocycles. The fourth-order valence-corrected chi connectivity index (χ4v) is 2.49. The molecule has 100 valence electrons. The molecule has 0 spiro atoms. The number of pyridine rings is 2. The molecule has 0 amide bonds. The van der Waals surface area contributed by atoms with E-state index in [0.717, 1.165) is 22.3 Å². The van der Waals surface area contributed by atoms with Gasteiger partial charge in [0.15, 0.2) is 0 Å². The second-order valence-corrected chi connectivity index (χ2v) is 4.83. The highest BCUT2D eigenvalue weighted by molar-refractivity contribution is 5.86. The molecule has 0 unspecified atom stereocenters. The lowest BCUT2D eigenvalue weighted by Crippen LogP contribution is -2.19. The van der Waals surface area contributed by atoms with E-state index >= 15 is 0 Å². The van der Waals surface area contributed by atoms with E-state index in [0.29, 0.717) is 11.9 Å². The van der Waals surface area contributed by atoms with Crippen molar-refractivity contribution in [2.24, 2.45) is 0 Å². The van der Waals surface area contributed by atoms with Gasteiger partial charge in [-0.1, -0.05) is 30.3 Å². The van der Waals surface area contributed by atoms with Crippen LogP contribution in [0.1, 0.15) is 12.6 Å². The first kappa shape index (κ1) is 12.6. The number of nitrogens with zero attached hydrogens (tertiary/aromatic N) is 2. The first-order chi connectivity index (χ1) is 9.70. The maximum atomic E-state index is 12.4. The largest absolute Gasteiger partial charge is 0.315 e. The van der Waals surface area contributed by atoms with Crippen molar-refractivity contribution in [2.75, 3.05) is 0 Å². The summed E-state index contributed by atoms with van der Waals surface area (Å²) in [5.41, 5.74) is 2.80. The molecule has 3 nitrogen and oxygen atoms in total. The van der Waals surface area contributed by atoms with Crippen LogP contribution in [-0.4, -0.2) is 9.55 Å². The summed E-state index contributed by atoms with van der Waals surface area (Å²) < 4.78 is 1.71. The Hall–Kier alpha value is -2.42. The normalized spacial score (nSPS) is 10.9. The van der Waals surface area contributed by atoms with Crippen molar-refractivity contribution >= 4 is 10.8 Å². The molecule has 0 bridgehead atoms. The number of hydrogen-bond donors (Lipinski definition) is 0. The van der Waals surface area contributed by atoms with Crippen LogP contribution in [0.25, 0.3) is 22.0 Å². The summed E-state index contributed by atoms with van der Waals surface area (Å²) in [6, 6.07) is 14.0. The van der Waals surface area contributed by atoms with E-state index in [-0.39, 0.29) is 5.56 Å². The molecule has 0 N–H and O–H groups in total. The van der Waals surface area contributed by atoms with E-state index < -0.39 is 0 Å². The van der Waals surface area contributed by atoms with Crippen LogP contribution in [0, 0.1) is 6.92 Å². The molecule has 0 aliphatic carbocycles. The number of rotatable bonds is 2. The molecule has 0 fully saturated rings. The van der Waals surface area contributed by atoms with Gasteiger partial charge in [0, 0.05) is 18.3 Å². The second kappa shape index (κ2) is 4.93. The van der Waals surface area contributed by atoms with E-state index in [1.807, 2.05) is 62.5 Å². The smallest absolute Gasteiger partial charge is 0.260 e. The summed E-state index contributed by atoms with van der Waals surface area (Å²) in [4.78, 5) is 16.9. The van der Waals surface area contributed by atoms with Crippen LogP contribution in [0.4, 0.5) is 0 Å². The van der Waals surface area contributed by atoms with Gasteiger partial charge in [-0.15, -0.1) is 0 Å². The predicted octanol–water partition coefficient (Wildman–Crippen LogP) is 3.39. The van der Waals surface area contributed by atoms with Gasteiger partial charge >= 0.3 is 0 Å². The number of aryl methyl sites for hydroxylation is 2. The van der Waals surface area contributed by atoms with Crippen molar-refractivity contribution in [1.82, 2.24) is 9.55 Å². The van der Waals surface area contributed by atoms with Crippen LogP contribution in [0.15, 0.2) is 53.5 Å². The molecule has 3 aromatic rings. The van der Waals surface area contributed by atoms with Gasteiger partial charge in [0.05, 0.1) is 16.8 Å². The number of benzene rings is 1. The third-order valence-corrected chi connectivity index (χ3v) is 3.55. The Bertz CT molecular complexity index is 820. The molecular weight excluding hydrogens is 248 g/mol. The minimum absolute atomic E-state index is 0.0367. The molecule has 0 aliphatic rings. The van der Waals surface area contributed by atoms with E-state index in [9.17, 15) is 4.79 Å². The van der Waals surface area contributed by atoms with E-state index in [1.54, 1.807) is 4.57 Å². The summed E-state index contributed by atoms with van der Waals surface area (Å²) >= 11 is 0. The molecule has 0 saturated heterocycles. The monoisotopic (exact) mass is 264 g/mol. The minimum Gasteiger partial charge on any atom is -0.315 e. The minimum atomic E-state index is 0.0367. The average Bonchev–Trinajstić information content (AvgIpc) is 2.48. The van der Waals surface area contributed by atoms with E-state index in [1.165, 1.54) is 0 Å². The van der Waals surface area contributed by atoms with Crippen LogP contribution in [0.2, 0.25) is 0 Å². The van der Waals surface area contributed by atoms with Crippen LogP contribution < -0.4 is 5.56 Å². The molecule has 20 heavy (non-hydrogen) atoms. The standard InChI is InChI=1S/C17H16N2O/c1-3-19-10-9-14-11-15(13-7-5-4-6-8-13)18-12(2)16(14)17(19)20/h4-11H,3H2,1-2H3. The molecule has 3 rings (SSSR count). The Balaban J connectivity index is 2.29. The van der Waals surface area contributed by atoms with Crippen molar-refractivity contribution in [2.45, 2.75) is 20.4 Å². The first-order valence-electron chi connectivity index (χ1n) is 6.77. The number of aromatic nitrogens is 2. The molecular formula is C17H16N2O. The third kappa shape index (κ3) is 2.01. The molecule has 3 heteroatoms. The van der Waals surface area contributed by atoms with Gasteiger partial charge in [-0.2, -0.15) is 0 Å². The zero-order valence-corrected chi connectivity index (χ0v) is 11.6. The Morgan fingerprint density at radius 2 is 1.90 bits per heavy atom. The number of hydrogen-bond acceptors (Lipinski definition) is 2. The Morgan fingerprint density at radius 1 is 1.15 bits per heavy atom. The van der Waals surface area contributed by atoms with Gasteiger partial charge in [0.1, 0.15) is 0 Å². The number of fused-ring (bicyclic) bond motifs is 1. The molecule has 0 aliphatic heterocycles. The summed E-state index contributed by atoms with van der Waals surface area (Å²) in [7, 11) is 0. The summed E-state index contributed by atoms with van der Waals surface area (Å²) in [5, 5.41) is 1.67. The maximum Gasteiger partial charge on any atom is 0.260 e. The predicted molar refractivity (Wildman–Crippen MR) is 81.9 cm³/mol. The average molecular weight is 264 g/mol. The lowest BCUT2D eigenvalue weighted by Gasteiger charge is -2.08. The van der Waals surface area contributed by atoms with E-state index in [4.69, 9.17) is 0 Å². The first-order valence-corrected chi connectivity index (χ1v) is 6.77. The maximum absolute atomic E-state index is 12.4. The Kier molecular flexibility index (Phi) is 3.11. The SMILES string of the molecule is CCn1ccc2cc(-c3ccccc3)nc(C)c2c1=O. The van der Waals surface area contributed by atoms with Crippen molar-refractivity contribution in [3.63, 3.8) is 0 Å². The molecule has 2 aromatic heterocycles. The topological polar surface area (TPSA) is 34.9 Å². The summed E-state index contributed by atoms with van der Waals surface area (Å²) in [6.45, 7) is 4.54. The van der Waals surface area contributed by atoms with Crippen molar-refractivity contribution in [3.05, 3.63) is 64.7 Å². The van der Waals surface area contributed by atoms with Gasteiger partial charge in [-0.25, -0.2) is 0 Å². The zero-order chi connectivity index (χ0) is 14.1. The Morgan fingerprint density at radius 3 is 2.60 bits per heavy atom. The fourth-order valence-electron chi connectivity index (χ4n) is 2.49. The lowest BCUT2D eigenvalue weighted by atomic mass is 10.1. The third-order valence-electron chi connectivity index (χ3n) is 3.55. The van der Waals surface area contributed by atoms with Crippen molar-refractivity contribution in [3.8, 4) is 11.3 Å². The zero-order valence-electron chi connectivity index (χ0n) is 11.6. The van der Waals surface area contributed by atoms with E-state index in [2.05, 4.69) is 4.98 Å². The van der Waals surface area contributed by atoms with Crippen LogP contribution >= 0.6 is 0 Å². The summed E-state index contributed by atoms with van der Waals surface area (Å²) in [6.07, 6.45) is 1.85. The van der Waals surface area contributed by atoms with Gasteiger partial charge in [0.25, 0.3) is 5.56 Å². The Labute approximate surface area is 117 Å². The lowest BCUT2D eigenvalue weighted by molar-refractivity contribution is 0.734. The highest BCUT2D eigenvalue weighted by Gasteiger charge is 2.09. The molecule has 0 atom stereocenters. The van der Waals surface area contributed by atoms with Gasteiger partial charge < -0.3 is 4.57 Å². The van der Waals surface area contributed by atoms with Crippen LogP contribution in [-0.2, 0) is 6.54 Å². The summed E-state index contributed by atoms with van der Waals surface area (Å²) in [5.74, 6) is 0. The highest BCUT2D eigenvalue weighted by atomic mass is 16.1. The van der Waals surface area contributed by atoms with Gasteiger partial charge in [0.2, 0.25) is 0 Å².